The fourth-order valence-corrected chi connectivity index (χ4v) is 2.78. The summed E-state index contributed by atoms with van der Waals surface area (Å²) in [6.45, 7) is 3.03. The lowest BCUT2D eigenvalue weighted by Gasteiger charge is -2.31. The molecule has 0 amide bonds. The van der Waals surface area contributed by atoms with Crippen molar-refractivity contribution in [2.24, 2.45) is 5.92 Å². The van der Waals surface area contributed by atoms with E-state index in [4.69, 9.17) is 4.74 Å². The zero-order valence-corrected chi connectivity index (χ0v) is 12.9. The highest BCUT2D eigenvalue weighted by Gasteiger charge is 2.20. The molecular formula is C17H20FN3O2. The molecule has 1 fully saturated rings. The molecule has 0 aliphatic carbocycles. The normalized spacial score (nSPS) is 16.4. The Morgan fingerprint density at radius 1 is 1.26 bits per heavy atom. The summed E-state index contributed by atoms with van der Waals surface area (Å²) >= 11 is 0. The van der Waals surface area contributed by atoms with Crippen LogP contribution in [0.2, 0.25) is 0 Å². The number of aromatic nitrogens is 2. The van der Waals surface area contributed by atoms with Gasteiger partial charge in [0.1, 0.15) is 5.82 Å². The topological polar surface area (TPSA) is 58.2 Å². The molecule has 1 aromatic heterocycles. The van der Waals surface area contributed by atoms with E-state index in [1.54, 1.807) is 18.2 Å². The molecule has 122 valence electrons. The minimum Gasteiger partial charge on any atom is -0.490 e. The number of nitrogens with one attached hydrogen (secondary N) is 1. The molecule has 0 radical (unpaired) electrons. The van der Waals surface area contributed by atoms with Gasteiger partial charge in [0.25, 0.3) is 5.56 Å². The zero-order valence-electron chi connectivity index (χ0n) is 12.9. The van der Waals surface area contributed by atoms with Crippen molar-refractivity contribution in [1.82, 2.24) is 14.9 Å². The van der Waals surface area contributed by atoms with Gasteiger partial charge in [-0.2, -0.15) is 0 Å². The summed E-state index contributed by atoms with van der Waals surface area (Å²) < 4.78 is 19.1. The number of halogens is 1. The molecule has 6 heteroatoms. The number of piperidine rings is 1. The maximum absolute atomic E-state index is 13.5. The van der Waals surface area contributed by atoms with Crippen molar-refractivity contribution in [2.75, 3.05) is 19.7 Å². The summed E-state index contributed by atoms with van der Waals surface area (Å²) in [5.41, 5.74) is -0.122. The van der Waals surface area contributed by atoms with Crippen LogP contribution in [0, 0.1) is 11.7 Å². The summed E-state index contributed by atoms with van der Waals surface area (Å²) in [6.07, 6.45) is 3.51. The molecule has 0 spiro atoms. The predicted molar refractivity (Wildman–Crippen MR) is 84.8 cm³/mol. The van der Waals surface area contributed by atoms with Crippen LogP contribution < -0.4 is 10.3 Å². The standard InChI is InChI=1S/C17H20FN3O2/c18-14-3-1-2-4-15(14)23-12-13-6-9-21(10-7-13)11-16-19-8-5-17(22)20-16/h1-5,8,13H,6-7,9-12H2,(H,19,20,22). The highest BCUT2D eigenvalue weighted by molar-refractivity contribution is 5.23. The van der Waals surface area contributed by atoms with Crippen molar-refractivity contribution in [1.29, 1.82) is 0 Å². The first-order chi connectivity index (χ1) is 11.2. The number of para-hydroxylation sites is 1. The van der Waals surface area contributed by atoms with Gasteiger partial charge in [-0.1, -0.05) is 12.1 Å². The maximum Gasteiger partial charge on any atom is 0.250 e. The van der Waals surface area contributed by atoms with Crippen molar-refractivity contribution in [3.63, 3.8) is 0 Å². The largest absolute Gasteiger partial charge is 0.490 e. The first-order valence-corrected chi connectivity index (χ1v) is 7.84. The number of hydrogen-bond acceptors (Lipinski definition) is 4. The smallest absolute Gasteiger partial charge is 0.250 e. The number of hydrogen-bond donors (Lipinski definition) is 1. The second kappa shape index (κ2) is 7.37. The van der Waals surface area contributed by atoms with Gasteiger partial charge in [-0.05, 0) is 44.0 Å². The molecule has 0 unspecified atom stereocenters. The van der Waals surface area contributed by atoms with Gasteiger partial charge in [0, 0.05) is 12.3 Å². The Balaban J connectivity index is 1.45. The van der Waals surface area contributed by atoms with Crippen LogP contribution in [-0.4, -0.2) is 34.6 Å². The third-order valence-electron chi connectivity index (χ3n) is 4.12. The Morgan fingerprint density at radius 2 is 2.04 bits per heavy atom. The highest BCUT2D eigenvalue weighted by atomic mass is 19.1. The molecule has 3 rings (SSSR count). The SMILES string of the molecule is O=c1ccnc(CN2CCC(COc3ccccc3F)CC2)[nH]1. The average Bonchev–Trinajstić information content (AvgIpc) is 2.56. The van der Waals surface area contributed by atoms with Gasteiger partial charge in [0.15, 0.2) is 11.6 Å². The monoisotopic (exact) mass is 317 g/mol. The molecule has 1 N–H and O–H groups in total. The Labute approximate surface area is 134 Å². The molecule has 0 saturated carbocycles. The van der Waals surface area contributed by atoms with Crippen molar-refractivity contribution >= 4 is 0 Å². The molecule has 1 aliphatic rings. The van der Waals surface area contributed by atoms with Gasteiger partial charge in [0.05, 0.1) is 13.2 Å². The van der Waals surface area contributed by atoms with E-state index in [2.05, 4.69) is 14.9 Å². The molecule has 23 heavy (non-hydrogen) atoms. The average molecular weight is 317 g/mol. The molecule has 5 nitrogen and oxygen atoms in total. The Bertz CT molecular complexity index is 696. The fourth-order valence-electron chi connectivity index (χ4n) is 2.78. The van der Waals surface area contributed by atoms with E-state index in [9.17, 15) is 9.18 Å². The van der Waals surface area contributed by atoms with Crippen LogP contribution in [0.25, 0.3) is 0 Å². The Morgan fingerprint density at radius 3 is 2.78 bits per heavy atom. The van der Waals surface area contributed by atoms with E-state index in [0.29, 0.717) is 30.6 Å². The van der Waals surface area contributed by atoms with Crippen LogP contribution in [0.4, 0.5) is 4.39 Å². The Kier molecular flexibility index (Phi) is 5.02. The number of benzene rings is 1. The van der Waals surface area contributed by atoms with Crippen molar-refractivity contribution in [3.05, 3.63) is 58.5 Å². The van der Waals surface area contributed by atoms with Gasteiger partial charge in [-0.25, -0.2) is 9.37 Å². The molecule has 1 saturated heterocycles. The van der Waals surface area contributed by atoms with E-state index < -0.39 is 0 Å². The molecule has 0 bridgehead atoms. The summed E-state index contributed by atoms with van der Waals surface area (Å²) in [5, 5.41) is 0. The third kappa shape index (κ3) is 4.39. The maximum atomic E-state index is 13.5. The molecule has 2 heterocycles. The second-order valence-corrected chi connectivity index (χ2v) is 5.84. The number of aromatic amines is 1. The number of nitrogens with zero attached hydrogens (tertiary/aromatic N) is 2. The van der Waals surface area contributed by atoms with E-state index in [-0.39, 0.29) is 11.4 Å². The molecule has 2 aromatic rings. The van der Waals surface area contributed by atoms with Crippen molar-refractivity contribution < 1.29 is 9.13 Å². The first-order valence-electron chi connectivity index (χ1n) is 7.84. The summed E-state index contributed by atoms with van der Waals surface area (Å²) in [4.78, 5) is 20.5. The number of rotatable bonds is 5. The van der Waals surface area contributed by atoms with E-state index in [0.717, 1.165) is 25.9 Å². The van der Waals surface area contributed by atoms with Crippen molar-refractivity contribution in [3.8, 4) is 5.75 Å². The molecule has 0 atom stereocenters. The lowest BCUT2D eigenvalue weighted by atomic mass is 9.98. The number of likely N-dealkylation sites (tertiary alicyclic amines) is 1. The van der Waals surface area contributed by atoms with Crippen LogP contribution in [-0.2, 0) is 6.54 Å². The summed E-state index contributed by atoms with van der Waals surface area (Å²) in [6, 6.07) is 7.90. The van der Waals surface area contributed by atoms with E-state index in [1.807, 2.05) is 0 Å². The van der Waals surface area contributed by atoms with Gasteiger partial charge >= 0.3 is 0 Å². The summed E-state index contributed by atoms with van der Waals surface area (Å²) in [7, 11) is 0. The minimum atomic E-state index is -0.316. The zero-order chi connectivity index (χ0) is 16.1. The first kappa shape index (κ1) is 15.7. The van der Waals surface area contributed by atoms with Gasteiger partial charge in [0.2, 0.25) is 0 Å². The van der Waals surface area contributed by atoms with Crippen LogP contribution >= 0.6 is 0 Å². The Hall–Kier alpha value is -2.21. The lowest BCUT2D eigenvalue weighted by molar-refractivity contribution is 0.132. The minimum absolute atomic E-state index is 0.122. The van der Waals surface area contributed by atoms with Gasteiger partial charge in [-0.15, -0.1) is 0 Å². The second-order valence-electron chi connectivity index (χ2n) is 5.84. The fraction of sp³-hybridized carbons (Fsp3) is 0.412. The number of H-pyrrole nitrogens is 1. The van der Waals surface area contributed by atoms with E-state index in [1.165, 1.54) is 18.3 Å². The third-order valence-corrected chi connectivity index (χ3v) is 4.12. The molecule has 1 aliphatic heterocycles. The van der Waals surface area contributed by atoms with Crippen LogP contribution in [0.5, 0.6) is 5.75 Å². The van der Waals surface area contributed by atoms with Gasteiger partial charge < -0.3 is 9.72 Å². The predicted octanol–water partition coefficient (Wildman–Crippen LogP) is 2.20. The molecular weight excluding hydrogens is 297 g/mol. The quantitative estimate of drug-likeness (QED) is 0.918. The lowest BCUT2D eigenvalue weighted by Crippen LogP contribution is -2.35. The van der Waals surface area contributed by atoms with Crippen molar-refractivity contribution in [2.45, 2.75) is 19.4 Å². The van der Waals surface area contributed by atoms with Crippen LogP contribution in [0.15, 0.2) is 41.3 Å². The van der Waals surface area contributed by atoms with E-state index >= 15 is 0 Å². The van der Waals surface area contributed by atoms with Crippen LogP contribution in [0.3, 0.4) is 0 Å². The summed E-state index contributed by atoms with van der Waals surface area (Å²) in [5.74, 6) is 1.12. The van der Waals surface area contributed by atoms with Gasteiger partial charge in [-0.3, -0.25) is 9.69 Å². The number of ether oxygens (including phenoxy) is 1. The molecule has 1 aromatic carbocycles. The highest BCUT2D eigenvalue weighted by Crippen LogP contribution is 2.21. The van der Waals surface area contributed by atoms with Crippen LogP contribution in [0.1, 0.15) is 18.7 Å².